The first-order valence-corrected chi connectivity index (χ1v) is 9.39. The molecule has 1 heterocycles. The molecule has 0 radical (unpaired) electrons. The molecular formula is C23H26N2O2. The number of rotatable bonds is 4. The van der Waals surface area contributed by atoms with E-state index in [4.69, 9.17) is 9.72 Å². The Bertz CT molecular complexity index is 970. The maximum atomic E-state index is 11.9. The summed E-state index contributed by atoms with van der Waals surface area (Å²) in [5.41, 5.74) is 3.22. The highest BCUT2D eigenvalue weighted by molar-refractivity contribution is 5.79. The molecule has 3 aromatic rings. The minimum atomic E-state index is -0.948. The molecule has 0 amide bonds. The van der Waals surface area contributed by atoms with Gasteiger partial charge < -0.3 is 14.7 Å². The summed E-state index contributed by atoms with van der Waals surface area (Å²) >= 11 is 0. The molecule has 0 saturated heterocycles. The summed E-state index contributed by atoms with van der Waals surface area (Å²) in [6.07, 6.45) is 1.32. The Morgan fingerprint density at radius 1 is 1.15 bits per heavy atom. The van der Waals surface area contributed by atoms with E-state index in [0.717, 1.165) is 46.4 Å². The van der Waals surface area contributed by atoms with Gasteiger partial charge in [0.25, 0.3) is 0 Å². The van der Waals surface area contributed by atoms with Crippen molar-refractivity contribution in [1.82, 2.24) is 9.88 Å². The number of pyridine rings is 1. The number of methoxy groups -OCH3 is 1. The minimum absolute atomic E-state index is 0.0563. The first-order chi connectivity index (χ1) is 13.0. The molecule has 1 aliphatic rings. The lowest BCUT2D eigenvalue weighted by atomic mass is 9.70. The van der Waals surface area contributed by atoms with Crippen LogP contribution in [0.3, 0.4) is 0 Å². The zero-order valence-corrected chi connectivity index (χ0v) is 16.1. The highest BCUT2D eigenvalue weighted by atomic mass is 16.5. The van der Waals surface area contributed by atoms with Gasteiger partial charge in [0, 0.05) is 30.0 Å². The Balaban J connectivity index is 1.82. The second-order valence-electron chi connectivity index (χ2n) is 7.78. The number of hydrogen-bond donors (Lipinski definition) is 1. The van der Waals surface area contributed by atoms with E-state index in [-0.39, 0.29) is 5.92 Å². The number of para-hydroxylation sites is 1. The highest BCUT2D eigenvalue weighted by Gasteiger charge is 2.43. The van der Waals surface area contributed by atoms with Crippen molar-refractivity contribution >= 4 is 10.9 Å². The average molecular weight is 362 g/mol. The van der Waals surface area contributed by atoms with Gasteiger partial charge in [0.05, 0.1) is 18.2 Å². The number of aromatic nitrogens is 1. The van der Waals surface area contributed by atoms with Crippen LogP contribution in [0.15, 0.2) is 54.6 Å². The molecule has 0 aliphatic heterocycles. The SMILES string of the molecule is COc1cccc([C@@]2(O)Cc3cc4ccccc4nc3C[C@@H]2CN(C)C)c1. The maximum absolute atomic E-state index is 11.9. The quantitative estimate of drug-likeness (QED) is 0.773. The van der Waals surface area contributed by atoms with Gasteiger partial charge in [-0.05, 0) is 55.9 Å². The molecule has 0 saturated carbocycles. The van der Waals surface area contributed by atoms with Gasteiger partial charge in [-0.2, -0.15) is 0 Å². The third-order valence-corrected chi connectivity index (χ3v) is 5.62. The molecular weight excluding hydrogens is 336 g/mol. The van der Waals surface area contributed by atoms with Crippen molar-refractivity contribution in [3.63, 3.8) is 0 Å². The monoisotopic (exact) mass is 362 g/mol. The van der Waals surface area contributed by atoms with Gasteiger partial charge in [-0.1, -0.05) is 30.3 Å². The van der Waals surface area contributed by atoms with Crippen molar-refractivity contribution in [2.45, 2.75) is 18.4 Å². The normalized spacial score (nSPS) is 22.0. The van der Waals surface area contributed by atoms with E-state index in [2.05, 4.69) is 37.2 Å². The Morgan fingerprint density at radius 2 is 1.96 bits per heavy atom. The van der Waals surface area contributed by atoms with E-state index in [0.29, 0.717) is 6.42 Å². The van der Waals surface area contributed by atoms with E-state index < -0.39 is 5.60 Å². The lowest BCUT2D eigenvalue weighted by Crippen LogP contribution is -2.46. The third-order valence-electron chi connectivity index (χ3n) is 5.62. The molecule has 27 heavy (non-hydrogen) atoms. The summed E-state index contributed by atoms with van der Waals surface area (Å²) in [5.74, 6) is 0.827. The summed E-state index contributed by atoms with van der Waals surface area (Å²) in [4.78, 5) is 7.05. The summed E-state index contributed by atoms with van der Waals surface area (Å²) in [5, 5.41) is 13.0. The minimum Gasteiger partial charge on any atom is -0.497 e. The van der Waals surface area contributed by atoms with E-state index in [1.807, 2.05) is 36.4 Å². The molecule has 0 spiro atoms. The molecule has 4 heteroatoms. The van der Waals surface area contributed by atoms with E-state index in [1.54, 1.807) is 7.11 Å². The average Bonchev–Trinajstić information content (AvgIpc) is 2.67. The highest BCUT2D eigenvalue weighted by Crippen LogP contribution is 2.42. The van der Waals surface area contributed by atoms with Crippen molar-refractivity contribution < 1.29 is 9.84 Å². The van der Waals surface area contributed by atoms with Crippen molar-refractivity contribution in [3.8, 4) is 5.75 Å². The molecule has 2 aromatic carbocycles. The van der Waals surface area contributed by atoms with Crippen molar-refractivity contribution in [1.29, 1.82) is 0 Å². The summed E-state index contributed by atoms with van der Waals surface area (Å²) in [6.45, 7) is 0.793. The van der Waals surface area contributed by atoms with Crippen LogP contribution in [0.25, 0.3) is 10.9 Å². The van der Waals surface area contributed by atoms with Gasteiger partial charge in [-0.15, -0.1) is 0 Å². The molecule has 0 unspecified atom stereocenters. The number of benzene rings is 2. The molecule has 0 fully saturated rings. The maximum Gasteiger partial charge on any atom is 0.119 e. The molecule has 140 valence electrons. The third kappa shape index (κ3) is 3.31. The summed E-state index contributed by atoms with van der Waals surface area (Å²) in [6, 6.07) is 18.2. The number of ether oxygens (including phenoxy) is 1. The number of fused-ring (bicyclic) bond motifs is 2. The van der Waals surface area contributed by atoms with Crippen LogP contribution in [0.2, 0.25) is 0 Å². The van der Waals surface area contributed by atoms with Gasteiger partial charge in [0.2, 0.25) is 0 Å². The first kappa shape index (κ1) is 18.0. The molecule has 1 N–H and O–H groups in total. The molecule has 4 nitrogen and oxygen atoms in total. The summed E-state index contributed by atoms with van der Waals surface area (Å²) in [7, 11) is 5.76. The van der Waals surface area contributed by atoms with Crippen LogP contribution >= 0.6 is 0 Å². The van der Waals surface area contributed by atoms with Crippen molar-refractivity contribution in [3.05, 3.63) is 71.4 Å². The Morgan fingerprint density at radius 3 is 2.74 bits per heavy atom. The number of hydrogen-bond acceptors (Lipinski definition) is 4. The number of nitrogens with zero attached hydrogens (tertiary/aromatic N) is 2. The molecule has 0 bridgehead atoms. The van der Waals surface area contributed by atoms with Gasteiger partial charge in [-0.25, -0.2) is 0 Å². The predicted octanol–water partition coefficient (Wildman–Crippen LogP) is 3.41. The zero-order chi connectivity index (χ0) is 19.0. The largest absolute Gasteiger partial charge is 0.497 e. The van der Waals surface area contributed by atoms with Crippen LogP contribution in [0, 0.1) is 5.92 Å². The van der Waals surface area contributed by atoms with Crippen LogP contribution in [0.4, 0.5) is 0 Å². The number of aliphatic hydroxyl groups is 1. The van der Waals surface area contributed by atoms with Crippen molar-refractivity contribution in [2.75, 3.05) is 27.7 Å². The van der Waals surface area contributed by atoms with Crippen LogP contribution in [-0.2, 0) is 18.4 Å². The fourth-order valence-electron chi connectivity index (χ4n) is 4.25. The Kier molecular flexibility index (Phi) is 4.62. The Hall–Kier alpha value is -2.43. The fourth-order valence-corrected chi connectivity index (χ4v) is 4.25. The van der Waals surface area contributed by atoms with Gasteiger partial charge in [0.15, 0.2) is 0 Å². The summed E-state index contributed by atoms with van der Waals surface area (Å²) < 4.78 is 5.40. The zero-order valence-electron chi connectivity index (χ0n) is 16.1. The second-order valence-corrected chi connectivity index (χ2v) is 7.78. The van der Waals surface area contributed by atoms with Crippen molar-refractivity contribution in [2.24, 2.45) is 5.92 Å². The van der Waals surface area contributed by atoms with Gasteiger partial charge >= 0.3 is 0 Å². The van der Waals surface area contributed by atoms with Crippen LogP contribution in [0.1, 0.15) is 16.8 Å². The molecule has 4 rings (SSSR count). The fraction of sp³-hybridized carbons (Fsp3) is 0.348. The first-order valence-electron chi connectivity index (χ1n) is 9.39. The smallest absolute Gasteiger partial charge is 0.119 e. The topological polar surface area (TPSA) is 45.6 Å². The lowest BCUT2D eigenvalue weighted by Gasteiger charge is -2.42. The lowest BCUT2D eigenvalue weighted by molar-refractivity contribution is -0.0400. The van der Waals surface area contributed by atoms with E-state index >= 15 is 0 Å². The van der Waals surface area contributed by atoms with Crippen LogP contribution < -0.4 is 4.74 Å². The van der Waals surface area contributed by atoms with Crippen LogP contribution in [-0.4, -0.2) is 42.7 Å². The van der Waals surface area contributed by atoms with E-state index in [1.165, 1.54) is 0 Å². The van der Waals surface area contributed by atoms with Gasteiger partial charge in [-0.3, -0.25) is 4.98 Å². The predicted molar refractivity (Wildman–Crippen MR) is 108 cm³/mol. The van der Waals surface area contributed by atoms with E-state index in [9.17, 15) is 5.11 Å². The standard InChI is InChI=1S/C23H26N2O2/c1-25(2)15-19-13-22-17(11-16-7-4-5-10-21(16)24-22)14-23(19,26)18-8-6-9-20(12-18)27-3/h4-12,19,26H,13-15H2,1-3H3/t19-,23+/m1/s1. The molecule has 2 atom stereocenters. The molecule has 1 aromatic heterocycles. The Labute approximate surface area is 160 Å². The van der Waals surface area contributed by atoms with Gasteiger partial charge in [0.1, 0.15) is 5.75 Å². The van der Waals surface area contributed by atoms with Crippen LogP contribution in [0.5, 0.6) is 5.75 Å². The molecule has 1 aliphatic carbocycles. The second kappa shape index (κ2) is 6.95.